The summed E-state index contributed by atoms with van der Waals surface area (Å²) in [7, 11) is 0. The van der Waals surface area contributed by atoms with Crippen molar-refractivity contribution in [3.05, 3.63) is 53.1 Å². The first-order valence-corrected chi connectivity index (χ1v) is 5.57. The van der Waals surface area contributed by atoms with E-state index in [1.807, 2.05) is 0 Å². The van der Waals surface area contributed by atoms with Gasteiger partial charge >= 0.3 is 0 Å². The third-order valence-electron chi connectivity index (χ3n) is 2.31. The quantitative estimate of drug-likeness (QED) is 0.835. The van der Waals surface area contributed by atoms with Crippen LogP contribution < -0.4 is 16.2 Å². The Morgan fingerprint density at radius 1 is 1.11 bits per heavy atom. The Hall–Kier alpha value is -2.20. The molecule has 0 radical (unpaired) electrons. The van der Waals surface area contributed by atoms with Gasteiger partial charge in [-0.15, -0.1) is 0 Å². The Labute approximate surface area is 109 Å². The number of rotatable bonds is 3. The number of benzene rings is 2. The second-order valence-corrected chi connectivity index (χ2v) is 4.11. The van der Waals surface area contributed by atoms with Crippen LogP contribution in [0.15, 0.2) is 42.5 Å². The van der Waals surface area contributed by atoms with Crippen LogP contribution in [0.25, 0.3) is 0 Å². The third kappa shape index (κ3) is 2.73. The van der Waals surface area contributed by atoms with Crippen molar-refractivity contribution in [2.45, 2.75) is 0 Å². The number of carbonyl (C=O) groups is 1. The van der Waals surface area contributed by atoms with Gasteiger partial charge in [0.15, 0.2) is 0 Å². The van der Waals surface area contributed by atoms with Crippen LogP contribution in [0.2, 0.25) is 5.02 Å². The van der Waals surface area contributed by atoms with Gasteiger partial charge in [0.25, 0.3) is 5.91 Å². The van der Waals surface area contributed by atoms with E-state index in [0.717, 1.165) is 0 Å². The molecule has 0 saturated carbocycles. The van der Waals surface area contributed by atoms with E-state index in [-0.39, 0.29) is 5.56 Å². The Kier molecular flexibility index (Phi) is 3.39. The lowest BCUT2D eigenvalue weighted by Gasteiger charge is -2.09. The van der Waals surface area contributed by atoms with E-state index in [9.17, 15) is 4.79 Å². The Morgan fingerprint density at radius 2 is 1.78 bits per heavy atom. The maximum absolute atomic E-state index is 11.3. The highest BCUT2D eigenvalue weighted by Crippen LogP contribution is 2.28. The minimum absolute atomic E-state index is 0.235. The van der Waals surface area contributed by atoms with Crippen molar-refractivity contribution >= 4 is 23.2 Å². The molecule has 0 unspecified atom stereocenters. The maximum atomic E-state index is 11.3. The number of carbonyl (C=O) groups excluding carboxylic acids is 1. The van der Waals surface area contributed by atoms with Crippen LogP contribution in [-0.2, 0) is 0 Å². The van der Waals surface area contributed by atoms with Crippen LogP contribution in [0.1, 0.15) is 10.4 Å². The van der Waals surface area contributed by atoms with Crippen LogP contribution in [0.4, 0.5) is 5.69 Å². The van der Waals surface area contributed by atoms with Gasteiger partial charge in [0.05, 0.1) is 5.56 Å². The summed E-state index contributed by atoms with van der Waals surface area (Å²) in [5, 5.41) is 0.424. The van der Waals surface area contributed by atoms with Crippen LogP contribution in [0.3, 0.4) is 0 Å². The van der Waals surface area contributed by atoms with Crippen molar-refractivity contribution in [3.63, 3.8) is 0 Å². The number of nitrogen functional groups attached to an aromatic ring is 1. The molecule has 1 amide bonds. The largest absolute Gasteiger partial charge is 0.457 e. The monoisotopic (exact) mass is 262 g/mol. The highest BCUT2D eigenvalue weighted by Gasteiger charge is 2.10. The molecule has 0 fully saturated rings. The highest BCUT2D eigenvalue weighted by atomic mass is 35.5. The Bertz CT molecular complexity index is 582. The van der Waals surface area contributed by atoms with Crippen molar-refractivity contribution < 1.29 is 9.53 Å². The predicted octanol–water partition coefficient (Wildman–Crippen LogP) is 2.81. The van der Waals surface area contributed by atoms with Crippen LogP contribution in [0, 0.1) is 0 Å². The fourth-order valence-corrected chi connectivity index (χ4v) is 1.62. The lowest BCUT2D eigenvalue weighted by molar-refractivity contribution is 0.0998. The molecule has 0 saturated heterocycles. The van der Waals surface area contributed by atoms with Gasteiger partial charge in [-0.1, -0.05) is 11.6 Å². The number of nitrogens with two attached hydrogens (primary N) is 2. The van der Waals surface area contributed by atoms with Gasteiger partial charge < -0.3 is 16.2 Å². The van der Waals surface area contributed by atoms with Crippen molar-refractivity contribution in [2.75, 3.05) is 5.73 Å². The second kappa shape index (κ2) is 4.98. The molecule has 0 bridgehead atoms. The number of ether oxygens (including phenoxy) is 1. The highest BCUT2D eigenvalue weighted by molar-refractivity contribution is 6.31. The van der Waals surface area contributed by atoms with Gasteiger partial charge in [-0.05, 0) is 42.5 Å². The van der Waals surface area contributed by atoms with Gasteiger partial charge in [0.2, 0.25) is 0 Å². The molecule has 4 N–H and O–H groups in total. The van der Waals surface area contributed by atoms with E-state index in [2.05, 4.69) is 0 Å². The molecule has 0 aliphatic heterocycles. The van der Waals surface area contributed by atoms with E-state index in [1.54, 1.807) is 36.4 Å². The van der Waals surface area contributed by atoms with E-state index in [0.29, 0.717) is 22.2 Å². The van der Waals surface area contributed by atoms with Gasteiger partial charge in [-0.2, -0.15) is 0 Å². The summed E-state index contributed by atoms with van der Waals surface area (Å²) in [5.74, 6) is 0.327. The average molecular weight is 263 g/mol. The third-order valence-corrected chi connectivity index (χ3v) is 2.55. The molecule has 2 aromatic carbocycles. The zero-order chi connectivity index (χ0) is 13.1. The van der Waals surface area contributed by atoms with E-state index in [4.69, 9.17) is 27.8 Å². The molecular formula is C13H11ClN2O2. The lowest BCUT2D eigenvalue weighted by atomic mass is 10.2. The van der Waals surface area contributed by atoms with Crippen LogP contribution in [-0.4, -0.2) is 5.91 Å². The average Bonchev–Trinajstić information content (AvgIpc) is 2.34. The van der Waals surface area contributed by atoms with E-state index < -0.39 is 5.91 Å². The number of hydrogen-bond donors (Lipinski definition) is 2. The summed E-state index contributed by atoms with van der Waals surface area (Å²) in [5.41, 5.74) is 11.7. The second-order valence-electron chi connectivity index (χ2n) is 3.68. The van der Waals surface area contributed by atoms with Gasteiger partial charge in [0, 0.05) is 10.7 Å². The molecule has 0 aliphatic rings. The zero-order valence-electron chi connectivity index (χ0n) is 9.39. The molecule has 5 heteroatoms. The van der Waals surface area contributed by atoms with Gasteiger partial charge in [-0.3, -0.25) is 4.79 Å². The molecule has 2 rings (SSSR count). The summed E-state index contributed by atoms with van der Waals surface area (Å²) in [6.45, 7) is 0. The van der Waals surface area contributed by atoms with E-state index in [1.165, 1.54) is 6.07 Å². The number of halogens is 1. The van der Waals surface area contributed by atoms with Gasteiger partial charge in [0.1, 0.15) is 11.5 Å². The summed E-state index contributed by atoms with van der Waals surface area (Å²) >= 11 is 5.80. The van der Waals surface area contributed by atoms with Crippen molar-refractivity contribution in [3.8, 4) is 11.5 Å². The molecule has 0 heterocycles. The SMILES string of the molecule is NC(=O)c1cc(Cl)ccc1Oc1ccc(N)cc1. The minimum Gasteiger partial charge on any atom is -0.457 e. The predicted molar refractivity (Wildman–Crippen MR) is 70.9 cm³/mol. The first-order valence-electron chi connectivity index (χ1n) is 5.19. The first kappa shape index (κ1) is 12.3. The smallest absolute Gasteiger partial charge is 0.252 e. The van der Waals surface area contributed by atoms with Crippen LogP contribution >= 0.6 is 11.6 Å². The summed E-state index contributed by atoms with van der Waals surface area (Å²) in [6, 6.07) is 11.5. The molecule has 0 atom stereocenters. The number of hydrogen-bond acceptors (Lipinski definition) is 3. The first-order chi connectivity index (χ1) is 8.56. The molecule has 0 aliphatic carbocycles. The standard InChI is InChI=1S/C13H11ClN2O2/c14-8-1-6-12(11(7-8)13(16)17)18-10-4-2-9(15)3-5-10/h1-7H,15H2,(H2,16,17). The summed E-state index contributed by atoms with van der Waals surface area (Å²) < 4.78 is 5.57. The van der Waals surface area contributed by atoms with Gasteiger partial charge in [-0.25, -0.2) is 0 Å². The van der Waals surface area contributed by atoms with Crippen LogP contribution in [0.5, 0.6) is 11.5 Å². The molecule has 92 valence electrons. The molecule has 0 aromatic heterocycles. The van der Waals surface area contributed by atoms with Crippen molar-refractivity contribution in [1.82, 2.24) is 0 Å². The number of anilines is 1. The zero-order valence-corrected chi connectivity index (χ0v) is 10.1. The molecule has 0 spiro atoms. The molecule has 2 aromatic rings. The molecule has 4 nitrogen and oxygen atoms in total. The fraction of sp³-hybridized carbons (Fsp3) is 0. The maximum Gasteiger partial charge on any atom is 0.252 e. The lowest BCUT2D eigenvalue weighted by Crippen LogP contribution is -2.12. The number of amides is 1. The summed E-state index contributed by atoms with van der Waals surface area (Å²) in [6.07, 6.45) is 0. The topological polar surface area (TPSA) is 78.3 Å². The van der Waals surface area contributed by atoms with Crippen molar-refractivity contribution in [1.29, 1.82) is 0 Å². The fourth-order valence-electron chi connectivity index (χ4n) is 1.45. The molecular weight excluding hydrogens is 252 g/mol. The Morgan fingerprint density at radius 3 is 2.39 bits per heavy atom. The summed E-state index contributed by atoms with van der Waals surface area (Å²) in [4.78, 5) is 11.3. The van der Waals surface area contributed by atoms with E-state index >= 15 is 0 Å². The Balaban J connectivity index is 2.34. The molecule has 18 heavy (non-hydrogen) atoms. The minimum atomic E-state index is -0.594. The normalized spacial score (nSPS) is 10.1. The van der Waals surface area contributed by atoms with Crippen molar-refractivity contribution in [2.24, 2.45) is 5.73 Å². The number of primary amides is 1.